The molecule has 1 aromatic heterocycles. The van der Waals surface area contributed by atoms with Crippen LogP contribution in [0.1, 0.15) is 12.5 Å². The number of methoxy groups -OCH3 is 1. The third-order valence-electron chi connectivity index (χ3n) is 3.96. The lowest BCUT2D eigenvalue weighted by molar-refractivity contribution is -0.118. The highest BCUT2D eigenvalue weighted by Crippen LogP contribution is 2.25. The van der Waals surface area contributed by atoms with E-state index in [1.165, 1.54) is 11.8 Å². The monoisotopic (exact) mass is 429 g/mol. The first-order chi connectivity index (χ1) is 14.1. The normalized spacial score (nSPS) is 11.0. The molecule has 0 aliphatic heterocycles. The van der Waals surface area contributed by atoms with Gasteiger partial charge in [0.25, 0.3) is 5.91 Å². The first kappa shape index (κ1) is 20.9. The molecule has 150 valence electrons. The first-order valence-electron chi connectivity index (χ1n) is 8.88. The summed E-state index contributed by atoms with van der Waals surface area (Å²) in [4.78, 5) is 12.1. The minimum absolute atomic E-state index is 0.175. The van der Waals surface area contributed by atoms with Crippen LogP contribution in [0.5, 0.6) is 5.75 Å². The Morgan fingerprint density at radius 1 is 1.28 bits per heavy atom. The molecule has 0 radical (unpaired) electrons. The Morgan fingerprint density at radius 2 is 2.07 bits per heavy atom. The van der Waals surface area contributed by atoms with E-state index in [9.17, 15) is 4.79 Å². The van der Waals surface area contributed by atoms with Crippen molar-refractivity contribution in [3.63, 3.8) is 0 Å². The van der Waals surface area contributed by atoms with Crippen LogP contribution in [0.2, 0.25) is 5.02 Å². The molecule has 0 saturated heterocycles. The predicted octanol–water partition coefficient (Wildman–Crippen LogP) is 3.87. The quantitative estimate of drug-likeness (QED) is 0.334. The molecule has 0 unspecified atom stereocenters. The number of hydrazone groups is 1. The minimum Gasteiger partial charge on any atom is -0.497 e. The molecule has 1 amide bonds. The Kier molecular flexibility index (Phi) is 7.26. The Balaban J connectivity index is 1.58. The van der Waals surface area contributed by atoms with Gasteiger partial charge in [0.05, 0.1) is 19.1 Å². The SMILES string of the molecule is CCn1c(SCC(=O)N/N=C/c2cccc(OC)c2)nnc1-c1ccc(Cl)cc1. The van der Waals surface area contributed by atoms with E-state index in [-0.39, 0.29) is 11.7 Å². The zero-order valence-electron chi connectivity index (χ0n) is 16.0. The fraction of sp³-hybridized carbons (Fsp3) is 0.200. The molecule has 0 saturated carbocycles. The predicted molar refractivity (Wildman–Crippen MR) is 116 cm³/mol. The van der Waals surface area contributed by atoms with Gasteiger partial charge in [0.1, 0.15) is 5.75 Å². The van der Waals surface area contributed by atoms with Gasteiger partial charge in [-0.25, -0.2) is 5.43 Å². The number of thioether (sulfide) groups is 1. The number of rotatable bonds is 8. The number of hydrogen-bond donors (Lipinski definition) is 1. The number of halogens is 1. The van der Waals surface area contributed by atoms with E-state index in [0.29, 0.717) is 16.7 Å². The van der Waals surface area contributed by atoms with Crippen LogP contribution in [0.25, 0.3) is 11.4 Å². The van der Waals surface area contributed by atoms with Gasteiger partial charge >= 0.3 is 0 Å². The van der Waals surface area contributed by atoms with Crippen LogP contribution in [-0.2, 0) is 11.3 Å². The zero-order valence-corrected chi connectivity index (χ0v) is 17.6. The number of carbonyl (C=O) groups is 1. The summed E-state index contributed by atoms with van der Waals surface area (Å²) >= 11 is 7.26. The minimum atomic E-state index is -0.229. The number of nitrogens with one attached hydrogen (secondary N) is 1. The Morgan fingerprint density at radius 3 is 2.79 bits per heavy atom. The molecule has 0 fully saturated rings. The lowest BCUT2D eigenvalue weighted by Gasteiger charge is -2.07. The molecule has 2 aromatic carbocycles. The van der Waals surface area contributed by atoms with Crippen LogP contribution in [0.3, 0.4) is 0 Å². The summed E-state index contributed by atoms with van der Waals surface area (Å²) in [6, 6.07) is 14.8. The van der Waals surface area contributed by atoms with Gasteiger partial charge in [0.15, 0.2) is 11.0 Å². The van der Waals surface area contributed by atoms with Crippen LogP contribution in [-0.4, -0.2) is 39.7 Å². The van der Waals surface area contributed by atoms with Crippen molar-refractivity contribution in [2.24, 2.45) is 5.10 Å². The maximum absolute atomic E-state index is 12.1. The van der Waals surface area contributed by atoms with E-state index in [4.69, 9.17) is 16.3 Å². The van der Waals surface area contributed by atoms with Gasteiger partial charge in [-0.05, 0) is 48.9 Å². The molecule has 3 aromatic rings. The van der Waals surface area contributed by atoms with E-state index in [2.05, 4.69) is 20.7 Å². The van der Waals surface area contributed by atoms with Gasteiger partial charge in [-0.1, -0.05) is 35.5 Å². The standard InChI is InChI=1S/C20H20ClN5O2S/c1-3-26-19(15-7-9-16(21)10-8-15)24-25-20(26)29-13-18(27)23-22-12-14-5-4-6-17(11-14)28-2/h4-12H,3,13H2,1-2H3,(H,23,27)/b22-12+. The highest BCUT2D eigenvalue weighted by molar-refractivity contribution is 7.99. The summed E-state index contributed by atoms with van der Waals surface area (Å²) in [5.41, 5.74) is 4.27. The number of benzene rings is 2. The molecular weight excluding hydrogens is 410 g/mol. The van der Waals surface area contributed by atoms with E-state index in [1.807, 2.05) is 60.0 Å². The average Bonchev–Trinajstić information content (AvgIpc) is 3.16. The van der Waals surface area contributed by atoms with Crippen molar-refractivity contribution in [2.45, 2.75) is 18.6 Å². The fourth-order valence-corrected chi connectivity index (χ4v) is 3.48. The van der Waals surface area contributed by atoms with Crippen molar-refractivity contribution in [3.8, 4) is 17.1 Å². The van der Waals surface area contributed by atoms with E-state index >= 15 is 0 Å². The third kappa shape index (κ3) is 5.58. The molecule has 1 N–H and O–H groups in total. The number of aromatic nitrogens is 3. The molecule has 0 bridgehead atoms. The van der Waals surface area contributed by atoms with Gasteiger partial charge in [-0.3, -0.25) is 4.79 Å². The summed E-state index contributed by atoms with van der Waals surface area (Å²) in [7, 11) is 1.60. The van der Waals surface area contributed by atoms with Gasteiger partial charge in [-0.2, -0.15) is 5.10 Å². The molecule has 0 spiro atoms. The van der Waals surface area contributed by atoms with Crippen LogP contribution in [0, 0.1) is 0 Å². The molecule has 0 atom stereocenters. The summed E-state index contributed by atoms with van der Waals surface area (Å²) in [6.45, 7) is 2.69. The van der Waals surface area contributed by atoms with Crippen LogP contribution in [0.15, 0.2) is 58.8 Å². The summed E-state index contributed by atoms with van der Waals surface area (Å²) in [5.74, 6) is 1.41. The summed E-state index contributed by atoms with van der Waals surface area (Å²) in [6.07, 6.45) is 1.57. The average molecular weight is 430 g/mol. The first-order valence-corrected chi connectivity index (χ1v) is 10.2. The van der Waals surface area contributed by atoms with Gasteiger partial charge in [-0.15, -0.1) is 10.2 Å². The molecule has 7 nitrogen and oxygen atoms in total. The molecule has 0 aliphatic rings. The molecule has 3 rings (SSSR count). The molecule has 9 heteroatoms. The summed E-state index contributed by atoms with van der Waals surface area (Å²) in [5, 5.41) is 13.8. The number of ether oxygens (including phenoxy) is 1. The van der Waals surface area contributed by atoms with Crippen molar-refractivity contribution in [2.75, 3.05) is 12.9 Å². The molecular formula is C20H20ClN5O2S. The topological polar surface area (TPSA) is 81.4 Å². The van der Waals surface area contributed by atoms with Gasteiger partial charge in [0, 0.05) is 17.1 Å². The second kappa shape index (κ2) is 10.1. The van der Waals surface area contributed by atoms with Crippen LogP contribution < -0.4 is 10.2 Å². The Labute approximate surface area is 178 Å². The number of nitrogens with zero attached hydrogens (tertiary/aromatic N) is 4. The van der Waals surface area contributed by atoms with Crippen molar-refractivity contribution in [3.05, 3.63) is 59.1 Å². The van der Waals surface area contributed by atoms with Gasteiger partial charge < -0.3 is 9.30 Å². The Hall–Kier alpha value is -2.84. The second-order valence-corrected chi connectivity index (χ2v) is 7.29. The molecule has 0 aliphatic carbocycles. The highest BCUT2D eigenvalue weighted by Gasteiger charge is 2.14. The van der Waals surface area contributed by atoms with E-state index in [1.54, 1.807) is 13.3 Å². The lowest BCUT2D eigenvalue weighted by atomic mass is 10.2. The Bertz CT molecular complexity index is 1000. The van der Waals surface area contributed by atoms with E-state index in [0.717, 1.165) is 22.7 Å². The molecule has 29 heavy (non-hydrogen) atoms. The molecule has 1 heterocycles. The fourth-order valence-electron chi connectivity index (χ4n) is 2.56. The number of hydrogen-bond acceptors (Lipinski definition) is 6. The van der Waals surface area contributed by atoms with E-state index < -0.39 is 0 Å². The lowest BCUT2D eigenvalue weighted by Crippen LogP contribution is -2.20. The zero-order chi connectivity index (χ0) is 20.6. The maximum atomic E-state index is 12.1. The largest absolute Gasteiger partial charge is 0.497 e. The second-order valence-electron chi connectivity index (χ2n) is 5.92. The number of amides is 1. The van der Waals surface area contributed by atoms with Crippen molar-refractivity contribution >= 4 is 35.5 Å². The van der Waals surface area contributed by atoms with Crippen molar-refractivity contribution in [1.29, 1.82) is 0 Å². The third-order valence-corrected chi connectivity index (χ3v) is 5.18. The summed E-state index contributed by atoms with van der Waals surface area (Å²) < 4.78 is 7.12. The maximum Gasteiger partial charge on any atom is 0.250 e. The van der Waals surface area contributed by atoms with Crippen molar-refractivity contribution in [1.82, 2.24) is 20.2 Å². The van der Waals surface area contributed by atoms with Crippen LogP contribution >= 0.6 is 23.4 Å². The highest BCUT2D eigenvalue weighted by atomic mass is 35.5. The van der Waals surface area contributed by atoms with Gasteiger partial charge in [0.2, 0.25) is 0 Å². The smallest absolute Gasteiger partial charge is 0.250 e. The number of carbonyl (C=O) groups excluding carboxylic acids is 1. The van der Waals surface area contributed by atoms with Crippen LogP contribution in [0.4, 0.5) is 0 Å². The van der Waals surface area contributed by atoms with Crippen molar-refractivity contribution < 1.29 is 9.53 Å².